The molecule has 0 aromatic heterocycles. The molecule has 2 rings (SSSR count). The maximum absolute atomic E-state index is 11.9. The predicted molar refractivity (Wildman–Crippen MR) is 95.8 cm³/mol. The van der Waals surface area contributed by atoms with Crippen molar-refractivity contribution in [1.29, 1.82) is 5.26 Å². The molecule has 1 aromatic rings. The summed E-state index contributed by atoms with van der Waals surface area (Å²) >= 11 is 0. The summed E-state index contributed by atoms with van der Waals surface area (Å²) in [7, 11) is 0. The van der Waals surface area contributed by atoms with Crippen molar-refractivity contribution >= 4 is 17.9 Å². The van der Waals surface area contributed by atoms with Crippen molar-refractivity contribution in [3.63, 3.8) is 0 Å². The quantitative estimate of drug-likeness (QED) is 0.737. The molecule has 3 amide bonds. The Bertz CT molecular complexity index is 705. The number of hydrogen-bond acceptors (Lipinski definition) is 6. The van der Waals surface area contributed by atoms with Crippen LogP contribution in [0.1, 0.15) is 44.6 Å². The molecule has 2 N–H and O–H groups in total. The van der Waals surface area contributed by atoms with Crippen LogP contribution >= 0.6 is 0 Å². The van der Waals surface area contributed by atoms with Gasteiger partial charge in [-0.25, -0.2) is 9.59 Å². The SMILES string of the molecule is CC(Oc1ccc(C#N)cc1)C(=O)OCC(=O)NC(=O)NC1CCCCC1. The summed E-state index contributed by atoms with van der Waals surface area (Å²) < 4.78 is 10.3. The molecular formula is C19H23N3O5. The van der Waals surface area contributed by atoms with Gasteiger partial charge in [0, 0.05) is 6.04 Å². The van der Waals surface area contributed by atoms with Crippen LogP contribution in [0.25, 0.3) is 0 Å². The van der Waals surface area contributed by atoms with E-state index in [1.165, 1.54) is 6.92 Å². The fourth-order valence-corrected chi connectivity index (χ4v) is 2.75. The van der Waals surface area contributed by atoms with Gasteiger partial charge in [-0.05, 0) is 44.0 Å². The second-order valence-corrected chi connectivity index (χ2v) is 6.36. The largest absolute Gasteiger partial charge is 0.479 e. The van der Waals surface area contributed by atoms with Crippen molar-refractivity contribution in [3.05, 3.63) is 29.8 Å². The zero-order valence-electron chi connectivity index (χ0n) is 15.2. The lowest BCUT2D eigenvalue weighted by atomic mass is 9.96. The van der Waals surface area contributed by atoms with Crippen LogP contribution in [0, 0.1) is 11.3 Å². The highest BCUT2D eigenvalue weighted by Crippen LogP contribution is 2.17. The Hall–Kier alpha value is -3.08. The molecule has 8 nitrogen and oxygen atoms in total. The van der Waals surface area contributed by atoms with Crippen molar-refractivity contribution in [2.45, 2.75) is 51.2 Å². The number of amides is 3. The molecule has 1 aliphatic carbocycles. The second-order valence-electron chi connectivity index (χ2n) is 6.36. The highest BCUT2D eigenvalue weighted by atomic mass is 16.6. The Morgan fingerprint density at radius 2 is 1.85 bits per heavy atom. The van der Waals surface area contributed by atoms with Crippen LogP contribution < -0.4 is 15.4 Å². The van der Waals surface area contributed by atoms with Crippen LogP contribution in [0.2, 0.25) is 0 Å². The highest BCUT2D eigenvalue weighted by molar-refractivity contribution is 5.95. The number of hydrogen-bond donors (Lipinski definition) is 2. The van der Waals surface area contributed by atoms with E-state index in [0.29, 0.717) is 11.3 Å². The van der Waals surface area contributed by atoms with Gasteiger partial charge in [0.2, 0.25) is 0 Å². The summed E-state index contributed by atoms with van der Waals surface area (Å²) in [5.74, 6) is -1.04. The number of ether oxygens (including phenoxy) is 2. The molecule has 1 aliphatic rings. The van der Waals surface area contributed by atoms with Gasteiger partial charge in [-0.15, -0.1) is 0 Å². The van der Waals surface area contributed by atoms with E-state index in [1.54, 1.807) is 24.3 Å². The average Bonchev–Trinajstić information content (AvgIpc) is 2.67. The highest BCUT2D eigenvalue weighted by Gasteiger charge is 2.20. The number of imide groups is 1. The third-order valence-corrected chi connectivity index (χ3v) is 4.17. The average molecular weight is 373 g/mol. The predicted octanol–water partition coefficient (Wildman–Crippen LogP) is 2.03. The second kappa shape index (κ2) is 10.2. The number of carbonyl (C=O) groups is 3. The summed E-state index contributed by atoms with van der Waals surface area (Å²) in [6.07, 6.45) is 4.15. The fraction of sp³-hybridized carbons (Fsp3) is 0.474. The lowest BCUT2D eigenvalue weighted by molar-refractivity contribution is -0.154. The number of rotatable bonds is 6. The molecule has 0 radical (unpaired) electrons. The smallest absolute Gasteiger partial charge is 0.347 e. The molecule has 1 saturated carbocycles. The van der Waals surface area contributed by atoms with E-state index >= 15 is 0 Å². The number of nitriles is 1. The number of nitrogens with one attached hydrogen (secondary N) is 2. The van der Waals surface area contributed by atoms with Crippen LogP contribution in [0.5, 0.6) is 5.75 Å². The van der Waals surface area contributed by atoms with Gasteiger partial charge in [-0.1, -0.05) is 19.3 Å². The minimum absolute atomic E-state index is 0.0787. The van der Waals surface area contributed by atoms with Crippen LogP contribution in [-0.2, 0) is 14.3 Å². The van der Waals surface area contributed by atoms with Gasteiger partial charge in [0.1, 0.15) is 5.75 Å². The minimum atomic E-state index is -0.943. The molecule has 1 fully saturated rings. The number of carbonyl (C=O) groups excluding carboxylic acids is 3. The Labute approximate surface area is 157 Å². The lowest BCUT2D eigenvalue weighted by Gasteiger charge is -2.22. The van der Waals surface area contributed by atoms with Gasteiger partial charge in [0.25, 0.3) is 5.91 Å². The summed E-state index contributed by atoms with van der Waals surface area (Å²) in [6.45, 7) is 0.909. The van der Waals surface area contributed by atoms with E-state index in [2.05, 4.69) is 10.6 Å². The lowest BCUT2D eigenvalue weighted by Crippen LogP contribution is -2.46. The van der Waals surface area contributed by atoms with E-state index in [1.807, 2.05) is 6.07 Å². The van der Waals surface area contributed by atoms with E-state index in [9.17, 15) is 14.4 Å². The van der Waals surface area contributed by atoms with Crippen molar-refractivity contribution in [3.8, 4) is 11.8 Å². The first-order chi connectivity index (χ1) is 13.0. The van der Waals surface area contributed by atoms with Crippen LogP contribution in [0.3, 0.4) is 0 Å². The van der Waals surface area contributed by atoms with E-state index < -0.39 is 30.6 Å². The van der Waals surface area contributed by atoms with E-state index in [0.717, 1.165) is 32.1 Å². The molecule has 1 unspecified atom stereocenters. The van der Waals surface area contributed by atoms with Crippen molar-refractivity contribution in [2.75, 3.05) is 6.61 Å². The summed E-state index contributed by atoms with van der Waals surface area (Å²) in [6, 6.07) is 7.72. The zero-order valence-corrected chi connectivity index (χ0v) is 15.2. The maximum atomic E-state index is 11.9. The number of nitrogens with zero attached hydrogens (tertiary/aromatic N) is 1. The van der Waals surface area contributed by atoms with Crippen molar-refractivity contribution in [1.82, 2.24) is 10.6 Å². The zero-order chi connectivity index (χ0) is 19.6. The Morgan fingerprint density at radius 1 is 1.19 bits per heavy atom. The molecule has 27 heavy (non-hydrogen) atoms. The first-order valence-electron chi connectivity index (χ1n) is 8.91. The number of benzene rings is 1. The van der Waals surface area contributed by atoms with Gasteiger partial charge in [-0.3, -0.25) is 10.1 Å². The maximum Gasteiger partial charge on any atom is 0.347 e. The molecule has 1 atom stereocenters. The third-order valence-electron chi connectivity index (χ3n) is 4.17. The topological polar surface area (TPSA) is 118 Å². The molecule has 0 aliphatic heterocycles. The van der Waals surface area contributed by atoms with Crippen LogP contribution in [-0.4, -0.2) is 36.7 Å². The molecule has 144 valence electrons. The standard InChI is InChI=1S/C19H23N3O5/c1-13(27-16-9-7-14(11-20)8-10-16)18(24)26-12-17(23)22-19(25)21-15-5-3-2-4-6-15/h7-10,13,15H,2-6,12H2,1H3,(H2,21,22,23,25). The minimum Gasteiger partial charge on any atom is -0.479 e. The summed E-state index contributed by atoms with van der Waals surface area (Å²) in [4.78, 5) is 35.4. The van der Waals surface area contributed by atoms with E-state index in [-0.39, 0.29) is 6.04 Å². The van der Waals surface area contributed by atoms with Gasteiger partial charge < -0.3 is 14.8 Å². The summed E-state index contributed by atoms with van der Waals surface area (Å²) in [5.41, 5.74) is 0.473. The van der Waals surface area contributed by atoms with Crippen LogP contribution in [0.15, 0.2) is 24.3 Å². The Morgan fingerprint density at radius 3 is 2.48 bits per heavy atom. The van der Waals surface area contributed by atoms with Crippen molar-refractivity contribution < 1.29 is 23.9 Å². The first kappa shape index (κ1) is 20.2. The molecule has 0 bridgehead atoms. The molecule has 0 heterocycles. The third kappa shape index (κ3) is 6.98. The molecule has 1 aromatic carbocycles. The first-order valence-corrected chi connectivity index (χ1v) is 8.91. The van der Waals surface area contributed by atoms with Gasteiger partial charge >= 0.3 is 12.0 Å². The number of urea groups is 1. The van der Waals surface area contributed by atoms with Crippen molar-refractivity contribution in [2.24, 2.45) is 0 Å². The van der Waals surface area contributed by atoms with Gasteiger partial charge in [0.05, 0.1) is 11.6 Å². The summed E-state index contributed by atoms with van der Waals surface area (Å²) in [5, 5.41) is 13.6. The molecular weight excluding hydrogens is 350 g/mol. The van der Waals surface area contributed by atoms with Gasteiger partial charge in [0.15, 0.2) is 12.7 Å². The van der Waals surface area contributed by atoms with Gasteiger partial charge in [-0.2, -0.15) is 5.26 Å². The Balaban J connectivity index is 1.69. The Kier molecular flexibility index (Phi) is 7.62. The monoisotopic (exact) mass is 373 g/mol. The molecule has 0 saturated heterocycles. The molecule has 8 heteroatoms. The normalized spacial score (nSPS) is 15.1. The molecule has 0 spiro atoms. The fourth-order valence-electron chi connectivity index (χ4n) is 2.75. The van der Waals surface area contributed by atoms with E-state index in [4.69, 9.17) is 14.7 Å². The number of esters is 1. The van der Waals surface area contributed by atoms with Crippen LogP contribution in [0.4, 0.5) is 4.79 Å².